The summed E-state index contributed by atoms with van der Waals surface area (Å²) in [5, 5.41) is 3.36. The number of carbonyl (C=O) groups is 1. The Kier molecular flexibility index (Phi) is 2.51. The summed E-state index contributed by atoms with van der Waals surface area (Å²) in [4.78, 5) is 15.8. The van der Waals surface area contributed by atoms with Crippen molar-refractivity contribution in [3.05, 3.63) is 0 Å². The summed E-state index contributed by atoms with van der Waals surface area (Å²) < 4.78 is 0. The number of nitrogens with zero attached hydrogens (tertiary/aromatic N) is 2. The molecule has 0 saturated carbocycles. The molecule has 0 spiro atoms. The number of piperazine rings is 2. The number of hydrogen-bond acceptors (Lipinski definition) is 3. The van der Waals surface area contributed by atoms with Crippen molar-refractivity contribution in [2.75, 3.05) is 39.3 Å². The lowest BCUT2D eigenvalue weighted by atomic mass is 10.1. The van der Waals surface area contributed by atoms with Crippen molar-refractivity contribution in [2.24, 2.45) is 0 Å². The summed E-state index contributed by atoms with van der Waals surface area (Å²) in [6, 6.07) is 0.548. The minimum Gasteiger partial charge on any atom is -0.340 e. The van der Waals surface area contributed by atoms with Gasteiger partial charge in [0.15, 0.2) is 0 Å². The zero-order chi connectivity index (χ0) is 9.26. The van der Waals surface area contributed by atoms with Gasteiger partial charge in [-0.25, -0.2) is 0 Å². The highest BCUT2D eigenvalue weighted by Crippen LogP contribution is 2.11. The van der Waals surface area contributed by atoms with Gasteiger partial charge in [0.05, 0.1) is 6.54 Å². The molecule has 2 fully saturated rings. The third-order valence-corrected chi connectivity index (χ3v) is 2.98. The Balaban J connectivity index is 2.01. The molecule has 1 N–H and O–H groups in total. The van der Waals surface area contributed by atoms with Crippen LogP contribution in [0, 0.1) is 0 Å². The summed E-state index contributed by atoms with van der Waals surface area (Å²) in [7, 11) is 0. The molecule has 1 unspecified atom stereocenters. The van der Waals surface area contributed by atoms with Crippen LogP contribution >= 0.6 is 0 Å². The highest BCUT2D eigenvalue weighted by atomic mass is 16.2. The summed E-state index contributed by atoms with van der Waals surface area (Å²) >= 11 is 0. The monoisotopic (exact) mass is 183 g/mol. The van der Waals surface area contributed by atoms with Crippen LogP contribution in [0.2, 0.25) is 0 Å². The quantitative estimate of drug-likeness (QED) is 0.573. The topological polar surface area (TPSA) is 35.6 Å². The number of fused-ring (bicyclic) bond motifs is 1. The smallest absolute Gasteiger partial charge is 0.236 e. The second-order valence-electron chi connectivity index (χ2n) is 3.76. The van der Waals surface area contributed by atoms with Gasteiger partial charge in [0.1, 0.15) is 0 Å². The fraction of sp³-hybridized carbons (Fsp3) is 0.889. The van der Waals surface area contributed by atoms with Crippen LogP contribution in [0.1, 0.15) is 6.92 Å². The van der Waals surface area contributed by atoms with E-state index < -0.39 is 0 Å². The van der Waals surface area contributed by atoms with Gasteiger partial charge in [-0.15, -0.1) is 0 Å². The van der Waals surface area contributed by atoms with Crippen LogP contribution < -0.4 is 5.32 Å². The molecular formula is C9H17N3O. The van der Waals surface area contributed by atoms with Crippen molar-refractivity contribution in [2.45, 2.75) is 13.0 Å². The average Bonchev–Trinajstić information content (AvgIpc) is 2.17. The summed E-state index contributed by atoms with van der Waals surface area (Å²) in [6.45, 7) is 7.50. The van der Waals surface area contributed by atoms with Crippen LogP contribution in [0.15, 0.2) is 0 Å². The molecule has 1 atom stereocenters. The average molecular weight is 183 g/mol. The van der Waals surface area contributed by atoms with Crippen molar-refractivity contribution in [1.29, 1.82) is 0 Å². The lowest BCUT2D eigenvalue weighted by Gasteiger charge is -2.43. The van der Waals surface area contributed by atoms with Crippen molar-refractivity contribution in [3.8, 4) is 0 Å². The fourth-order valence-corrected chi connectivity index (χ4v) is 2.13. The van der Waals surface area contributed by atoms with Crippen molar-refractivity contribution < 1.29 is 4.79 Å². The molecule has 0 radical (unpaired) electrons. The van der Waals surface area contributed by atoms with E-state index in [1.165, 1.54) is 0 Å². The maximum absolute atomic E-state index is 11.5. The first-order valence-electron chi connectivity index (χ1n) is 5.04. The van der Waals surface area contributed by atoms with Gasteiger partial charge in [-0.3, -0.25) is 9.69 Å². The lowest BCUT2D eigenvalue weighted by Crippen LogP contribution is -2.62. The van der Waals surface area contributed by atoms with Gasteiger partial charge in [0.25, 0.3) is 0 Å². The van der Waals surface area contributed by atoms with Gasteiger partial charge in [0.2, 0.25) is 5.91 Å². The number of rotatable bonds is 1. The highest BCUT2D eigenvalue weighted by molar-refractivity contribution is 5.79. The van der Waals surface area contributed by atoms with Crippen LogP contribution in [-0.2, 0) is 4.79 Å². The van der Waals surface area contributed by atoms with Gasteiger partial charge >= 0.3 is 0 Å². The molecule has 2 aliphatic heterocycles. The van der Waals surface area contributed by atoms with E-state index in [0.29, 0.717) is 18.5 Å². The Morgan fingerprint density at radius 3 is 3.23 bits per heavy atom. The predicted octanol–water partition coefficient (Wildman–Crippen LogP) is -0.878. The van der Waals surface area contributed by atoms with Crippen molar-refractivity contribution >= 4 is 5.91 Å². The lowest BCUT2D eigenvalue weighted by molar-refractivity contribution is -0.138. The number of amides is 1. The van der Waals surface area contributed by atoms with Gasteiger partial charge in [0, 0.05) is 38.8 Å². The molecule has 0 bridgehead atoms. The third kappa shape index (κ3) is 1.69. The van der Waals surface area contributed by atoms with Gasteiger partial charge in [-0.1, -0.05) is 0 Å². The van der Waals surface area contributed by atoms with Crippen LogP contribution in [-0.4, -0.2) is 61.0 Å². The van der Waals surface area contributed by atoms with E-state index in [9.17, 15) is 4.79 Å². The molecule has 2 rings (SSSR count). The summed E-state index contributed by atoms with van der Waals surface area (Å²) in [6.07, 6.45) is 0. The van der Waals surface area contributed by atoms with Crippen molar-refractivity contribution in [1.82, 2.24) is 15.1 Å². The molecule has 74 valence electrons. The standard InChI is InChI=1S/C9H17N3O/c1-2-11-6-8-5-10-3-4-12(8)7-9(11)13/h8,10H,2-7H2,1H3. The molecule has 0 aromatic carbocycles. The Morgan fingerprint density at radius 1 is 1.62 bits per heavy atom. The van der Waals surface area contributed by atoms with E-state index in [1.54, 1.807) is 0 Å². The molecular weight excluding hydrogens is 166 g/mol. The summed E-state index contributed by atoms with van der Waals surface area (Å²) in [5.41, 5.74) is 0. The SMILES string of the molecule is CCN1CC2CNCCN2CC1=O. The zero-order valence-corrected chi connectivity index (χ0v) is 8.12. The van der Waals surface area contributed by atoms with Crippen LogP contribution in [0.4, 0.5) is 0 Å². The Bertz CT molecular complexity index is 207. The van der Waals surface area contributed by atoms with E-state index in [-0.39, 0.29) is 0 Å². The Labute approximate surface area is 78.9 Å². The minimum atomic E-state index is 0.292. The molecule has 0 aromatic heterocycles. The minimum absolute atomic E-state index is 0.292. The number of nitrogens with one attached hydrogen (secondary N) is 1. The largest absolute Gasteiger partial charge is 0.340 e. The zero-order valence-electron chi connectivity index (χ0n) is 8.12. The Hall–Kier alpha value is -0.610. The predicted molar refractivity (Wildman–Crippen MR) is 50.5 cm³/mol. The number of carbonyl (C=O) groups excluding carboxylic acids is 1. The summed E-state index contributed by atoms with van der Waals surface area (Å²) in [5.74, 6) is 0.292. The van der Waals surface area contributed by atoms with E-state index in [0.717, 1.165) is 32.7 Å². The van der Waals surface area contributed by atoms with E-state index in [1.807, 2.05) is 11.8 Å². The molecule has 2 aliphatic rings. The second-order valence-corrected chi connectivity index (χ2v) is 3.76. The Morgan fingerprint density at radius 2 is 2.46 bits per heavy atom. The number of hydrogen-bond donors (Lipinski definition) is 1. The molecule has 4 nitrogen and oxygen atoms in total. The van der Waals surface area contributed by atoms with E-state index in [4.69, 9.17) is 0 Å². The fourth-order valence-electron chi connectivity index (χ4n) is 2.13. The maximum atomic E-state index is 11.5. The molecule has 4 heteroatoms. The first-order chi connectivity index (χ1) is 6.31. The molecule has 0 aromatic rings. The molecule has 2 heterocycles. The van der Waals surface area contributed by atoms with E-state index in [2.05, 4.69) is 10.2 Å². The van der Waals surface area contributed by atoms with E-state index >= 15 is 0 Å². The molecule has 13 heavy (non-hydrogen) atoms. The van der Waals surface area contributed by atoms with Crippen LogP contribution in [0.25, 0.3) is 0 Å². The maximum Gasteiger partial charge on any atom is 0.236 e. The molecule has 2 saturated heterocycles. The van der Waals surface area contributed by atoms with Gasteiger partial charge in [-0.2, -0.15) is 0 Å². The highest BCUT2D eigenvalue weighted by Gasteiger charge is 2.32. The van der Waals surface area contributed by atoms with Crippen LogP contribution in [0.5, 0.6) is 0 Å². The molecule has 0 aliphatic carbocycles. The van der Waals surface area contributed by atoms with Crippen LogP contribution in [0.3, 0.4) is 0 Å². The van der Waals surface area contributed by atoms with Gasteiger partial charge in [-0.05, 0) is 6.92 Å². The van der Waals surface area contributed by atoms with Gasteiger partial charge < -0.3 is 10.2 Å². The third-order valence-electron chi connectivity index (χ3n) is 2.98. The first-order valence-corrected chi connectivity index (χ1v) is 5.04. The normalized spacial score (nSPS) is 30.4. The second kappa shape index (κ2) is 3.64. The first kappa shape index (κ1) is 8.97. The number of likely N-dealkylation sites (N-methyl/N-ethyl adjacent to an activating group) is 1. The molecule has 1 amide bonds. The van der Waals surface area contributed by atoms with Crippen molar-refractivity contribution in [3.63, 3.8) is 0 Å².